The average Bonchev–Trinajstić information content (AvgIpc) is 2.44. The third-order valence-electron chi connectivity index (χ3n) is 3.62. The summed E-state index contributed by atoms with van der Waals surface area (Å²) < 4.78 is 28.1. The lowest BCUT2D eigenvalue weighted by molar-refractivity contribution is 0.00528. The highest BCUT2D eigenvalue weighted by atomic mass is 127. The molecule has 130 valence electrons. The summed E-state index contributed by atoms with van der Waals surface area (Å²) in [6.45, 7) is 6.30. The third kappa shape index (κ3) is 5.59. The third-order valence-corrected chi connectivity index (χ3v) is 4.53. The number of hydrogen-bond acceptors (Lipinski definition) is 4. The number of sulfonamides is 1. The molecular formula is C14H23IN4O3S. The lowest BCUT2D eigenvalue weighted by Crippen LogP contribution is -2.47. The molecule has 0 amide bonds. The Balaban J connectivity index is 0.00000264. The number of primary sulfonamides is 1. The van der Waals surface area contributed by atoms with Gasteiger partial charge >= 0.3 is 0 Å². The number of hydrogen-bond donors (Lipinski definition) is 2. The number of halogens is 1. The molecule has 0 radical (unpaired) electrons. The van der Waals surface area contributed by atoms with Crippen LogP contribution in [-0.4, -0.2) is 45.1 Å². The number of aliphatic imine (C=N–C) groups is 1. The highest BCUT2D eigenvalue weighted by Crippen LogP contribution is 2.15. The maximum atomic E-state index is 11.3. The van der Waals surface area contributed by atoms with Crippen LogP contribution in [-0.2, 0) is 21.3 Å². The number of guanidine groups is 1. The van der Waals surface area contributed by atoms with Crippen LogP contribution >= 0.6 is 24.0 Å². The van der Waals surface area contributed by atoms with Gasteiger partial charge in [0.1, 0.15) is 0 Å². The smallest absolute Gasteiger partial charge is 0.238 e. The molecule has 9 heteroatoms. The fraction of sp³-hybridized carbons (Fsp3) is 0.500. The molecule has 2 rings (SSSR count). The van der Waals surface area contributed by atoms with E-state index in [1.165, 1.54) is 6.07 Å². The van der Waals surface area contributed by atoms with Gasteiger partial charge in [0.2, 0.25) is 10.0 Å². The van der Waals surface area contributed by atoms with Crippen molar-refractivity contribution in [3.63, 3.8) is 0 Å². The van der Waals surface area contributed by atoms with Gasteiger partial charge in [-0.15, -0.1) is 24.0 Å². The lowest BCUT2D eigenvalue weighted by atomic mass is 10.1. The average molecular weight is 454 g/mol. The number of nitrogens with two attached hydrogens (primary N) is 2. The zero-order chi connectivity index (χ0) is 16.3. The molecule has 1 fully saturated rings. The molecule has 0 bridgehead atoms. The summed E-state index contributed by atoms with van der Waals surface area (Å²) >= 11 is 0. The maximum Gasteiger partial charge on any atom is 0.238 e. The monoisotopic (exact) mass is 454 g/mol. The van der Waals surface area contributed by atoms with E-state index in [-0.39, 0.29) is 35.0 Å². The first-order chi connectivity index (χ1) is 10.3. The van der Waals surface area contributed by atoms with E-state index in [0.717, 1.165) is 24.2 Å². The fourth-order valence-corrected chi connectivity index (χ4v) is 2.91. The minimum atomic E-state index is -3.68. The quantitative estimate of drug-likeness (QED) is 0.399. The number of nitrogens with zero attached hydrogens (tertiary/aromatic N) is 2. The molecule has 1 heterocycles. The SMILES string of the molecule is Cc1cc(S(N)(=O)=O)ccc1CN=C(N)N1CCOC(C)C1.I. The molecule has 4 N–H and O–H groups in total. The first-order valence-electron chi connectivity index (χ1n) is 7.06. The van der Waals surface area contributed by atoms with Gasteiger partial charge in [-0.25, -0.2) is 18.5 Å². The highest BCUT2D eigenvalue weighted by molar-refractivity contribution is 14.0. The number of morpholine rings is 1. The fourth-order valence-electron chi connectivity index (χ4n) is 2.32. The van der Waals surface area contributed by atoms with Gasteiger partial charge in [-0.3, -0.25) is 0 Å². The van der Waals surface area contributed by atoms with E-state index in [9.17, 15) is 8.42 Å². The van der Waals surface area contributed by atoms with E-state index in [0.29, 0.717) is 19.1 Å². The van der Waals surface area contributed by atoms with Crippen LogP contribution in [0.3, 0.4) is 0 Å². The highest BCUT2D eigenvalue weighted by Gasteiger charge is 2.18. The van der Waals surface area contributed by atoms with E-state index >= 15 is 0 Å². The normalized spacial score (nSPS) is 19.3. The Bertz CT molecular complexity index is 679. The summed E-state index contributed by atoms with van der Waals surface area (Å²) in [6.07, 6.45) is 0.137. The number of rotatable bonds is 3. The van der Waals surface area contributed by atoms with Crippen LogP contribution in [0, 0.1) is 6.92 Å². The van der Waals surface area contributed by atoms with Gasteiger partial charge in [-0.1, -0.05) is 6.07 Å². The van der Waals surface area contributed by atoms with Crippen LogP contribution in [0.1, 0.15) is 18.1 Å². The van der Waals surface area contributed by atoms with Gasteiger partial charge < -0.3 is 15.4 Å². The van der Waals surface area contributed by atoms with Gasteiger partial charge in [0.15, 0.2) is 5.96 Å². The summed E-state index contributed by atoms with van der Waals surface area (Å²) in [5, 5.41) is 5.11. The second kappa shape index (κ2) is 8.27. The molecule has 1 aromatic carbocycles. The summed E-state index contributed by atoms with van der Waals surface area (Å²) in [7, 11) is -3.68. The molecule has 1 aliphatic heterocycles. The Morgan fingerprint density at radius 1 is 1.48 bits per heavy atom. The number of ether oxygens (including phenoxy) is 1. The second-order valence-corrected chi connectivity index (χ2v) is 7.00. The zero-order valence-corrected chi connectivity index (χ0v) is 16.4. The molecule has 0 saturated carbocycles. The zero-order valence-electron chi connectivity index (χ0n) is 13.2. The van der Waals surface area contributed by atoms with Crippen molar-refractivity contribution in [3.8, 4) is 0 Å². The van der Waals surface area contributed by atoms with E-state index in [1.54, 1.807) is 12.1 Å². The van der Waals surface area contributed by atoms with Gasteiger partial charge in [0, 0.05) is 13.1 Å². The first kappa shape index (κ1) is 20.1. The van der Waals surface area contributed by atoms with Crippen molar-refractivity contribution in [1.29, 1.82) is 0 Å². The molecule has 1 aromatic rings. The van der Waals surface area contributed by atoms with Crippen LogP contribution in [0.4, 0.5) is 0 Å². The van der Waals surface area contributed by atoms with Crippen molar-refractivity contribution >= 4 is 40.0 Å². The van der Waals surface area contributed by atoms with Gasteiger partial charge in [-0.2, -0.15) is 0 Å². The number of aryl methyl sites for hydroxylation is 1. The van der Waals surface area contributed by atoms with Crippen LogP contribution in [0.2, 0.25) is 0 Å². The molecule has 0 aromatic heterocycles. The Morgan fingerprint density at radius 2 is 2.17 bits per heavy atom. The topological polar surface area (TPSA) is 111 Å². The molecular weight excluding hydrogens is 431 g/mol. The van der Waals surface area contributed by atoms with Crippen molar-refractivity contribution in [1.82, 2.24) is 4.90 Å². The lowest BCUT2D eigenvalue weighted by Gasteiger charge is -2.31. The Kier molecular flexibility index (Phi) is 7.24. The molecule has 1 saturated heterocycles. The van der Waals surface area contributed by atoms with E-state index in [4.69, 9.17) is 15.6 Å². The standard InChI is InChI=1S/C14H22N4O3S.HI/c1-10-7-13(22(16,19)20)4-3-12(10)8-17-14(15)18-5-6-21-11(2)9-18;/h3-4,7,11H,5-6,8-9H2,1-2H3,(H2,15,17)(H2,16,19,20);1H. The molecule has 7 nitrogen and oxygen atoms in total. The predicted octanol–water partition coefficient (Wildman–Crippen LogP) is 0.796. The van der Waals surface area contributed by atoms with E-state index < -0.39 is 10.0 Å². The molecule has 0 aliphatic carbocycles. The molecule has 1 aliphatic rings. The summed E-state index contributed by atoms with van der Waals surface area (Å²) in [5.41, 5.74) is 7.74. The minimum Gasteiger partial charge on any atom is -0.375 e. The van der Waals surface area contributed by atoms with Crippen molar-refractivity contribution < 1.29 is 13.2 Å². The van der Waals surface area contributed by atoms with Crippen LogP contribution in [0.25, 0.3) is 0 Å². The van der Waals surface area contributed by atoms with E-state index in [1.807, 2.05) is 18.7 Å². The van der Waals surface area contributed by atoms with Crippen LogP contribution < -0.4 is 10.9 Å². The Hall–Kier alpha value is -0.910. The first-order valence-corrected chi connectivity index (χ1v) is 8.61. The summed E-state index contributed by atoms with van der Waals surface area (Å²) in [5.74, 6) is 0.477. The molecule has 1 atom stereocenters. The Morgan fingerprint density at radius 3 is 2.74 bits per heavy atom. The van der Waals surface area contributed by atoms with E-state index in [2.05, 4.69) is 4.99 Å². The predicted molar refractivity (Wildman–Crippen MR) is 100 cm³/mol. The van der Waals surface area contributed by atoms with Crippen molar-refractivity contribution in [3.05, 3.63) is 29.3 Å². The van der Waals surface area contributed by atoms with Crippen molar-refractivity contribution in [2.24, 2.45) is 15.9 Å². The second-order valence-electron chi connectivity index (χ2n) is 5.44. The molecule has 0 spiro atoms. The van der Waals surface area contributed by atoms with Crippen LogP contribution in [0.5, 0.6) is 0 Å². The largest absolute Gasteiger partial charge is 0.375 e. The molecule has 1 unspecified atom stereocenters. The van der Waals surface area contributed by atoms with Crippen LogP contribution in [0.15, 0.2) is 28.1 Å². The summed E-state index contributed by atoms with van der Waals surface area (Å²) in [6, 6.07) is 4.75. The van der Waals surface area contributed by atoms with Gasteiger partial charge in [0.25, 0.3) is 0 Å². The van der Waals surface area contributed by atoms with Gasteiger partial charge in [0.05, 0.1) is 24.2 Å². The van der Waals surface area contributed by atoms with Gasteiger partial charge in [-0.05, 0) is 37.1 Å². The minimum absolute atomic E-state index is 0. The van der Waals surface area contributed by atoms with Crippen molar-refractivity contribution in [2.75, 3.05) is 19.7 Å². The summed E-state index contributed by atoms with van der Waals surface area (Å²) in [4.78, 5) is 6.48. The molecule has 23 heavy (non-hydrogen) atoms. The van der Waals surface area contributed by atoms with Crippen molar-refractivity contribution in [2.45, 2.75) is 31.4 Å². The number of benzene rings is 1. The maximum absolute atomic E-state index is 11.3. The Labute approximate surface area is 154 Å².